The number of allylic oxidation sites excluding steroid dienone is 1. The fourth-order valence-electron chi connectivity index (χ4n) is 0.413. The number of aliphatic carboxylic acids is 1. The number of hydrogen-bond donors (Lipinski definition) is 1. The van der Waals surface area contributed by atoms with Gasteiger partial charge >= 0.3 is 5.97 Å². The molecule has 0 heterocycles. The Balaban J connectivity index is 4.38. The molecular weight excluding hydrogens is 135 g/mol. The molecule has 1 unspecified atom stereocenters. The van der Waals surface area contributed by atoms with E-state index in [0.717, 1.165) is 6.08 Å². The summed E-state index contributed by atoms with van der Waals surface area (Å²) in [5, 5.41) is 8.46. The van der Waals surface area contributed by atoms with E-state index in [4.69, 9.17) is 5.11 Å². The topological polar surface area (TPSA) is 37.3 Å². The van der Waals surface area contributed by atoms with Crippen LogP contribution in [-0.4, -0.2) is 17.2 Å². The molecule has 0 aliphatic heterocycles. The fourth-order valence-corrected chi connectivity index (χ4v) is 0.413. The first kappa shape index (κ1) is 9.14. The Morgan fingerprint density at radius 1 is 1.80 bits per heavy atom. The molecule has 0 aliphatic carbocycles. The Bertz CT molecular complexity index is 152. The van der Waals surface area contributed by atoms with Crippen LogP contribution in [0.2, 0.25) is 0 Å². The third kappa shape index (κ3) is 1.56. The number of rotatable bonds is 3. The zero-order valence-corrected chi connectivity index (χ0v) is 6.10. The van der Waals surface area contributed by atoms with Crippen LogP contribution in [0.3, 0.4) is 0 Å². The SMILES string of the molecule is C=CC(F)C(C)(C)C(=O)O. The molecular formula is C7H11FO2. The van der Waals surface area contributed by atoms with E-state index >= 15 is 0 Å². The summed E-state index contributed by atoms with van der Waals surface area (Å²) in [4.78, 5) is 10.3. The van der Waals surface area contributed by atoms with Crippen LogP contribution in [0.25, 0.3) is 0 Å². The minimum absolute atomic E-state index is 0.994. The van der Waals surface area contributed by atoms with Gasteiger partial charge in [-0.2, -0.15) is 0 Å². The zero-order chi connectivity index (χ0) is 8.36. The highest BCUT2D eigenvalue weighted by Gasteiger charge is 2.35. The summed E-state index contributed by atoms with van der Waals surface area (Å²) in [6.45, 7) is 5.81. The lowest BCUT2D eigenvalue weighted by atomic mass is 9.88. The van der Waals surface area contributed by atoms with Crippen molar-refractivity contribution in [3.63, 3.8) is 0 Å². The zero-order valence-electron chi connectivity index (χ0n) is 6.10. The fraction of sp³-hybridized carbons (Fsp3) is 0.571. The van der Waals surface area contributed by atoms with Crippen molar-refractivity contribution in [2.45, 2.75) is 20.0 Å². The van der Waals surface area contributed by atoms with Crippen molar-refractivity contribution in [2.24, 2.45) is 5.41 Å². The summed E-state index contributed by atoms with van der Waals surface area (Å²) in [5.74, 6) is -1.15. The van der Waals surface area contributed by atoms with Crippen LogP contribution >= 0.6 is 0 Å². The van der Waals surface area contributed by atoms with Crippen LogP contribution in [0.5, 0.6) is 0 Å². The molecule has 2 nitrogen and oxygen atoms in total. The van der Waals surface area contributed by atoms with E-state index in [2.05, 4.69) is 6.58 Å². The standard InChI is InChI=1S/C7H11FO2/c1-4-5(8)7(2,3)6(9)10/h4-5H,1H2,2-3H3,(H,9,10). The van der Waals surface area contributed by atoms with Crippen molar-refractivity contribution in [1.29, 1.82) is 0 Å². The minimum Gasteiger partial charge on any atom is -0.481 e. The molecule has 0 aliphatic rings. The molecule has 0 aromatic rings. The maximum Gasteiger partial charge on any atom is 0.312 e. The molecule has 0 saturated heterocycles. The van der Waals surface area contributed by atoms with Gasteiger partial charge in [0.1, 0.15) is 6.17 Å². The van der Waals surface area contributed by atoms with Gasteiger partial charge in [-0.15, -0.1) is 6.58 Å². The first-order valence-electron chi connectivity index (χ1n) is 2.93. The first-order chi connectivity index (χ1) is 4.42. The summed E-state index contributed by atoms with van der Waals surface area (Å²) in [6.07, 6.45) is -0.501. The molecule has 3 heteroatoms. The molecule has 1 N–H and O–H groups in total. The van der Waals surface area contributed by atoms with E-state index in [1.54, 1.807) is 0 Å². The summed E-state index contributed by atoms with van der Waals surface area (Å²) < 4.78 is 12.7. The number of carbonyl (C=O) groups is 1. The van der Waals surface area contributed by atoms with Crippen molar-refractivity contribution in [3.8, 4) is 0 Å². The predicted octanol–water partition coefficient (Wildman–Crippen LogP) is 1.62. The number of halogens is 1. The van der Waals surface area contributed by atoms with Crippen molar-refractivity contribution >= 4 is 5.97 Å². The van der Waals surface area contributed by atoms with E-state index in [-0.39, 0.29) is 0 Å². The number of hydrogen-bond acceptors (Lipinski definition) is 1. The molecule has 0 amide bonds. The van der Waals surface area contributed by atoms with Crippen LogP contribution in [0, 0.1) is 5.41 Å². The summed E-state index contributed by atoms with van der Waals surface area (Å²) >= 11 is 0. The quantitative estimate of drug-likeness (QED) is 0.614. The molecule has 0 saturated carbocycles. The van der Waals surface area contributed by atoms with Gasteiger partial charge in [-0.05, 0) is 13.8 Å². The average Bonchev–Trinajstić information content (AvgIpc) is 1.86. The average molecular weight is 146 g/mol. The largest absolute Gasteiger partial charge is 0.481 e. The second-order valence-corrected chi connectivity index (χ2v) is 2.66. The molecule has 0 spiro atoms. The van der Waals surface area contributed by atoms with Crippen molar-refractivity contribution in [3.05, 3.63) is 12.7 Å². The Kier molecular flexibility index (Phi) is 2.57. The van der Waals surface area contributed by atoms with Gasteiger partial charge in [-0.25, -0.2) is 4.39 Å². The van der Waals surface area contributed by atoms with E-state index in [9.17, 15) is 9.18 Å². The monoisotopic (exact) mass is 146 g/mol. The summed E-state index contributed by atoms with van der Waals surface area (Å²) in [7, 11) is 0. The van der Waals surface area contributed by atoms with Gasteiger partial charge in [0.2, 0.25) is 0 Å². The molecule has 0 radical (unpaired) electrons. The molecule has 10 heavy (non-hydrogen) atoms. The molecule has 0 aromatic carbocycles. The summed E-state index contributed by atoms with van der Waals surface area (Å²) in [6, 6.07) is 0. The lowest BCUT2D eigenvalue weighted by Gasteiger charge is -2.20. The van der Waals surface area contributed by atoms with Crippen LogP contribution in [0.4, 0.5) is 4.39 Å². The van der Waals surface area contributed by atoms with Gasteiger partial charge in [0.25, 0.3) is 0 Å². The number of carboxylic acids is 1. The molecule has 58 valence electrons. The second-order valence-electron chi connectivity index (χ2n) is 2.66. The third-order valence-corrected chi connectivity index (χ3v) is 1.45. The van der Waals surface area contributed by atoms with Gasteiger partial charge in [-0.1, -0.05) is 6.08 Å². The molecule has 0 rings (SSSR count). The highest BCUT2D eigenvalue weighted by atomic mass is 19.1. The first-order valence-corrected chi connectivity index (χ1v) is 2.93. The van der Waals surface area contributed by atoms with Gasteiger partial charge in [0.15, 0.2) is 0 Å². The van der Waals surface area contributed by atoms with Gasteiger partial charge in [0, 0.05) is 0 Å². The van der Waals surface area contributed by atoms with E-state index in [1.165, 1.54) is 13.8 Å². The number of carboxylic acid groups (broad SMARTS) is 1. The third-order valence-electron chi connectivity index (χ3n) is 1.45. The van der Waals surface area contributed by atoms with Crippen LogP contribution < -0.4 is 0 Å². The second kappa shape index (κ2) is 2.82. The lowest BCUT2D eigenvalue weighted by Crippen LogP contribution is -2.32. The highest BCUT2D eigenvalue weighted by Crippen LogP contribution is 2.24. The summed E-state index contributed by atoms with van der Waals surface area (Å²) in [5.41, 5.74) is -1.36. The van der Waals surface area contributed by atoms with Gasteiger partial charge < -0.3 is 5.11 Å². The highest BCUT2D eigenvalue weighted by molar-refractivity contribution is 5.74. The van der Waals surface area contributed by atoms with Crippen molar-refractivity contribution < 1.29 is 14.3 Å². The van der Waals surface area contributed by atoms with Crippen LogP contribution in [-0.2, 0) is 4.79 Å². The van der Waals surface area contributed by atoms with E-state index < -0.39 is 17.6 Å². The Labute approximate surface area is 59.4 Å². The number of alkyl halides is 1. The van der Waals surface area contributed by atoms with Crippen molar-refractivity contribution in [2.75, 3.05) is 0 Å². The predicted molar refractivity (Wildman–Crippen MR) is 36.5 cm³/mol. The molecule has 0 aromatic heterocycles. The lowest BCUT2D eigenvalue weighted by molar-refractivity contribution is -0.149. The van der Waals surface area contributed by atoms with Gasteiger partial charge in [-0.3, -0.25) is 4.79 Å². The maximum atomic E-state index is 12.7. The maximum absolute atomic E-state index is 12.7. The van der Waals surface area contributed by atoms with E-state index in [1.807, 2.05) is 0 Å². The Hall–Kier alpha value is -0.860. The smallest absolute Gasteiger partial charge is 0.312 e. The Morgan fingerprint density at radius 2 is 2.20 bits per heavy atom. The normalized spacial score (nSPS) is 14.3. The van der Waals surface area contributed by atoms with E-state index in [0.29, 0.717) is 0 Å². The van der Waals surface area contributed by atoms with Crippen molar-refractivity contribution in [1.82, 2.24) is 0 Å². The van der Waals surface area contributed by atoms with Crippen LogP contribution in [0.15, 0.2) is 12.7 Å². The Morgan fingerprint density at radius 3 is 2.30 bits per heavy atom. The van der Waals surface area contributed by atoms with Gasteiger partial charge in [0.05, 0.1) is 5.41 Å². The molecule has 0 bridgehead atoms. The molecule has 1 atom stereocenters. The molecule has 0 fully saturated rings. The van der Waals surface area contributed by atoms with Crippen LogP contribution in [0.1, 0.15) is 13.8 Å². The minimum atomic E-state index is -1.50.